The van der Waals surface area contributed by atoms with Crippen molar-refractivity contribution >= 4 is 11.8 Å². The second-order valence-corrected chi connectivity index (χ2v) is 10.2. The van der Waals surface area contributed by atoms with E-state index >= 15 is 0 Å². The lowest BCUT2D eigenvalue weighted by molar-refractivity contribution is -0.153. The van der Waals surface area contributed by atoms with Gasteiger partial charge in [-0.1, -0.05) is 30.3 Å². The van der Waals surface area contributed by atoms with Crippen LogP contribution in [0.1, 0.15) is 91.6 Å². The molecule has 1 aliphatic heterocycles. The van der Waals surface area contributed by atoms with Crippen molar-refractivity contribution in [3.8, 4) is 5.75 Å². The van der Waals surface area contributed by atoms with Crippen molar-refractivity contribution in [2.75, 3.05) is 33.1 Å². The Balaban J connectivity index is 2.36. The molecule has 2 unspecified atom stereocenters. The first-order valence-corrected chi connectivity index (χ1v) is 14.8. The molecule has 3 rings (SSSR count). The van der Waals surface area contributed by atoms with Gasteiger partial charge in [-0.3, -0.25) is 14.0 Å². The number of ether oxygens (including phenoxy) is 5. The minimum atomic E-state index is -1.22. The van der Waals surface area contributed by atoms with Crippen LogP contribution in [0.25, 0.3) is 0 Å². The van der Waals surface area contributed by atoms with Gasteiger partial charge in [-0.2, -0.15) is 0 Å². The molecule has 0 bridgehead atoms. The van der Waals surface area contributed by atoms with Gasteiger partial charge in [-0.15, -0.1) is 0 Å². The Morgan fingerprint density at radius 1 is 0.810 bits per heavy atom. The molecular weight excluding hydrogens is 543 g/mol. The zero-order chi connectivity index (χ0) is 30.8. The first kappa shape index (κ1) is 33.5. The minimum absolute atomic E-state index is 0.0136. The van der Waals surface area contributed by atoms with E-state index in [2.05, 4.69) is 0 Å². The molecule has 0 spiro atoms. The van der Waals surface area contributed by atoms with Gasteiger partial charge in [0.05, 0.1) is 17.7 Å². The molecule has 2 aromatic carbocycles. The van der Waals surface area contributed by atoms with E-state index in [1.165, 1.54) is 6.07 Å². The number of carbonyl (C=O) groups is 2. The van der Waals surface area contributed by atoms with E-state index < -0.39 is 42.1 Å². The van der Waals surface area contributed by atoms with Crippen molar-refractivity contribution < 1.29 is 37.7 Å². The van der Waals surface area contributed by atoms with E-state index in [1.807, 2.05) is 58.0 Å². The molecule has 232 valence electrons. The van der Waals surface area contributed by atoms with Gasteiger partial charge in [0.2, 0.25) is 5.91 Å². The van der Waals surface area contributed by atoms with Crippen molar-refractivity contribution in [3.63, 3.8) is 0 Å². The number of nitrogens with two attached hydrogens (primary N) is 2. The third-order valence-electron chi connectivity index (χ3n) is 7.89. The fourth-order valence-electron chi connectivity index (χ4n) is 6.22. The predicted octanol–water partition coefficient (Wildman–Crippen LogP) is 5.02. The molecule has 0 aromatic heterocycles. The quantitative estimate of drug-likeness (QED) is 0.220. The van der Waals surface area contributed by atoms with Gasteiger partial charge < -0.3 is 35.2 Å². The Labute approximate surface area is 248 Å². The number of benzene rings is 2. The Kier molecular flexibility index (Phi) is 12.3. The van der Waals surface area contributed by atoms with Crippen LogP contribution in [0.3, 0.4) is 0 Å². The monoisotopic (exact) mass is 588 g/mol. The number of hydrogen-bond donors (Lipinski definition) is 2. The molecule has 2 atom stereocenters. The van der Waals surface area contributed by atoms with Crippen molar-refractivity contribution in [3.05, 3.63) is 64.7 Å². The summed E-state index contributed by atoms with van der Waals surface area (Å²) in [6.45, 7) is 8.58. The predicted molar refractivity (Wildman–Crippen MR) is 157 cm³/mol. The normalized spacial score (nSPS) is 19.7. The smallest absolute Gasteiger partial charge is 0.252 e. The second kappa shape index (κ2) is 15.4. The molecular formula is C32H45FN2O7. The molecule has 9 nitrogen and oxygen atoms in total. The maximum Gasteiger partial charge on any atom is 0.252 e. The van der Waals surface area contributed by atoms with Crippen molar-refractivity contribution in [2.24, 2.45) is 11.5 Å². The highest BCUT2D eigenvalue weighted by Gasteiger charge is 2.61. The standard InChI is InChI=1S/C32H45FN2O7/c1-5-38-26(39-6-2)14-16-31(18-19-33)32(23-12-10-9-11-13-23,17-15-27(40-7-3)41-8-4)25-21-22(29(34)36)20-24(30(35)37)28(25)42-31/h9-13,20-21,26-27H,5-8,14-19H2,1-4H3,(H2,34,36)(H2,35,37). The molecule has 1 aliphatic rings. The molecule has 0 saturated heterocycles. The summed E-state index contributed by atoms with van der Waals surface area (Å²) in [5.74, 6) is -1.28. The Morgan fingerprint density at radius 2 is 1.36 bits per heavy atom. The van der Waals surface area contributed by atoms with Gasteiger partial charge in [0.25, 0.3) is 5.91 Å². The second-order valence-electron chi connectivity index (χ2n) is 10.2. The number of amides is 2. The summed E-state index contributed by atoms with van der Waals surface area (Å²) in [6.07, 6.45) is 0.391. The molecule has 0 radical (unpaired) electrons. The average Bonchev–Trinajstić information content (AvgIpc) is 3.25. The van der Waals surface area contributed by atoms with Gasteiger partial charge in [-0.05, 0) is 64.7 Å². The van der Waals surface area contributed by atoms with Crippen LogP contribution in [0.15, 0.2) is 42.5 Å². The summed E-state index contributed by atoms with van der Waals surface area (Å²) >= 11 is 0. The summed E-state index contributed by atoms with van der Waals surface area (Å²) in [4.78, 5) is 25.3. The molecule has 4 N–H and O–H groups in total. The zero-order valence-corrected chi connectivity index (χ0v) is 25.2. The highest BCUT2D eigenvalue weighted by molar-refractivity contribution is 6.01. The number of halogens is 1. The van der Waals surface area contributed by atoms with Gasteiger partial charge in [-0.25, -0.2) is 0 Å². The van der Waals surface area contributed by atoms with Gasteiger partial charge in [0, 0.05) is 50.4 Å². The van der Waals surface area contributed by atoms with Crippen LogP contribution in [-0.2, 0) is 24.4 Å². The number of alkyl halides is 1. The Hall–Kier alpha value is -3.05. The van der Waals surface area contributed by atoms with E-state index in [1.54, 1.807) is 6.07 Å². The van der Waals surface area contributed by atoms with Crippen LogP contribution in [0, 0.1) is 0 Å². The number of primary amides is 2. The van der Waals surface area contributed by atoms with Gasteiger partial charge in [0.15, 0.2) is 12.6 Å². The molecule has 2 amide bonds. The summed E-state index contributed by atoms with van der Waals surface area (Å²) in [6, 6.07) is 12.6. The summed E-state index contributed by atoms with van der Waals surface area (Å²) in [7, 11) is 0. The molecule has 1 heterocycles. The molecule has 0 saturated carbocycles. The van der Waals surface area contributed by atoms with Crippen LogP contribution < -0.4 is 16.2 Å². The van der Waals surface area contributed by atoms with Crippen LogP contribution in [0.2, 0.25) is 0 Å². The van der Waals surface area contributed by atoms with Crippen LogP contribution in [0.4, 0.5) is 4.39 Å². The first-order chi connectivity index (χ1) is 20.2. The van der Waals surface area contributed by atoms with E-state index in [9.17, 15) is 14.0 Å². The number of hydrogen-bond acceptors (Lipinski definition) is 7. The molecule has 0 aliphatic carbocycles. The molecule has 42 heavy (non-hydrogen) atoms. The van der Waals surface area contributed by atoms with Gasteiger partial charge >= 0.3 is 0 Å². The molecule has 2 aromatic rings. The van der Waals surface area contributed by atoms with E-state index in [0.717, 1.165) is 5.56 Å². The number of rotatable bonds is 19. The van der Waals surface area contributed by atoms with Crippen LogP contribution >= 0.6 is 0 Å². The SMILES string of the molecule is CCOC(CCC1(CCF)Oc2c(C(N)=O)cc(C(N)=O)cc2C1(CCC(OCC)OCC)c1ccccc1)OCC. The summed E-state index contributed by atoms with van der Waals surface area (Å²) in [5, 5.41) is 0. The largest absolute Gasteiger partial charge is 0.485 e. The maximum atomic E-state index is 14.7. The number of carbonyl (C=O) groups excluding carboxylic acids is 2. The topological polar surface area (TPSA) is 132 Å². The fraction of sp³-hybridized carbons (Fsp3) is 0.562. The lowest BCUT2D eigenvalue weighted by Crippen LogP contribution is -2.53. The van der Waals surface area contributed by atoms with Crippen molar-refractivity contribution in [1.29, 1.82) is 0 Å². The van der Waals surface area contributed by atoms with E-state index in [0.29, 0.717) is 57.7 Å². The molecule has 0 fully saturated rings. The fourth-order valence-corrected chi connectivity index (χ4v) is 6.22. The summed E-state index contributed by atoms with van der Waals surface area (Å²) < 4.78 is 45.0. The number of fused-ring (bicyclic) bond motifs is 1. The highest BCUT2D eigenvalue weighted by atomic mass is 19.1. The zero-order valence-electron chi connectivity index (χ0n) is 25.2. The summed E-state index contributed by atoms with van der Waals surface area (Å²) in [5.41, 5.74) is 10.8. The average molecular weight is 589 g/mol. The first-order valence-electron chi connectivity index (χ1n) is 14.8. The third kappa shape index (κ3) is 6.94. The Bertz CT molecular complexity index is 1170. The lowest BCUT2D eigenvalue weighted by Gasteiger charge is -2.46. The molecule has 10 heteroatoms. The van der Waals surface area contributed by atoms with Crippen LogP contribution in [0.5, 0.6) is 5.75 Å². The van der Waals surface area contributed by atoms with Crippen LogP contribution in [-0.4, -0.2) is 63.1 Å². The minimum Gasteiger partial charge on any atom is -0.485 e. The van der Waals surface area contributed by atoms with E-state index in [-0.39, 0.29) is 23.3 Å². The van der Waals surface area contributed by atoms with E-state index in [4.69, 9.17) is 35.2 Å². The Morgan fingerprint density at radius 3 is 1.83 bits per heavy atom. The third-order valence-corrected chi connectivity index (χ3v) is 7.89. The highest BCUT2D eigenvalue weighted by Crippen LogP contribution is 2.60. The van der Waals surface area contributed by atoms with Crippen molar-refractivity contribution in [2.45, 2.75) is 83.4 Å². The lowest BCUT2D eigenvalue weighted by atomic mass is 9.59. The van der Waals surface area contributed by atoms with Gasteiger partial charge in [0.1, 0.15) is 11.4 Å². The maximum absolute atomic E-state index is 14.7. The van der Waals surface area contributed by atoms with Crippen molar-refractivity contribution in [1.82, 2.24) is 0 Å².